The number of anilines is 1. The Morgan fingerprint density at radius 1 is 1.12 bits per heavy atom. The standard InChI is InChI=1S/C17H22F3N3O2/c18-17(19,20)11-22-16(25)13-2-4-14(5-3-13)23-15(24)6-1-12-7-9-21-10-8-12/h2-5,12,21H,1,6-11H2,(H,22,25)(H,23,24). The number of halogens is 3. The van der Waals surface area contributed by atoms with Gasteiger partial charge in [-0.2, -0.15) is 13.2 Å². The van der Waals surface area contributed by atoms with E-state index in [2.05, 4.69) is 10.6 Å². The molecule has 0 bridgehead atoms. The summed E-state index contributed by atoms with van der Waals surface area (Å²) in [5.74, 6) is -0.347. The number of carbonyl (C=O) groups excluding carboxylic acids is 2. The number of piperidine rings is 1. The third-order valence-electron chi connectivity index (χ3n) is 4.12. The summed E-state index contributed by atoms with van der Waals surface area (Å²) >= 11 is 0. The fourth-order valence-corrected chi connectivity index (χ4v) is 2.72. The van der Waals surface area contributed by atoms with Gasteiger partial charge < -0.3 is 16.0 Å². The molecule has 1 fully saturated rings. The maximum atomic E-state index is 12.1. The van der Waals surface area contributed by atoms with Crippen LogP contribution in [0.25, 0.3) is 0 Å². The highest BCUT2D eigenvalue weighted by molar-refractivity contribution is 5.95. The third-order valence-corrected chi connectivity index (χ3v) is 4.12. The molecule has 138 valence electrons. The highest BCUT2D eigenvalue weighted by Gasteiger charge is 2.27. The molecule has 1 aromatic rings. The van der Waals surface area contributed by atoms with E-state index in [1.807, 2.05) is 0 Å². The molecule has 0 spiro atoms. The van der Waals surface area contributed by atoms with Crippen LogP contribution in [-0.4, -0.2) is 37.6 Å². The first-order valence-electron chi connectivity index (χ1n) is 8.29. The van der Waals surface area contributed by atoms with Gasteiger partial charge in [-0.25, -0.2) is 0 Å². The van der Waals surface area contributed by atoms with Crippen LogP contribution in [0.15, 0.2) is 24.3 Å². The Balaban J connectivity index is 1.77. The van der Waals surface area contributed by atoms with Crippen molar-refractivity contribution in [1.29, 1.82) is 0 Å². The van der Waals surface area contributed by atoms with Crippen molar-refractivity contribution in [2.75, 3.05) is 25.0 Å². The van der Waals surface area contributed by atoms with Crippen molar-refractivity contribution in [2.45, 2.75) is 31.9 Å². The Morgan fingerprint density at radius 3 is 2.36 bits per heavy atom. The smallest absolute Gasteiger partial charge is 0.343 e. The molecule has 0 aromatic heterocycles. The Bertz CT molecular complexity index is 582. The Kier molecular flexibility index (Phi) is 6.81. The highest BCUT2D eigenvalue weighted by atomic mass is 19.4. The van der Waals surface area contributed by atoms with Crippen LogP contribution in [0.2, 0.25) is 0 Å². The molecule has 2 amide bonds. The predicted octanol–water partition coefficient (Wildman–Crippen LogP) is 2.70. The molecule has 1 aromatic carbocycles. The van der Waals surface area contributed by atoms with E-state index in [4.69, 9.17) is 0 Å². The Hall–Kier alpha value is -2.09. The van der Waals surface area contributed by atoms with E-state index < -0.39 is 18.6 Å². The summed E-state index contributed by atoms with van der Waals surface area (Å²) in [7, 11) is 0. The first-order chi connectivity index (χ1) is 11.8. The van der Waals surface area contributed by atoms with Crippen molar-refractivity contribution in [2.24, 2.45) is 5.92 Å². The van der Waals surface area contributed by atoms with Gasteiger partial charge in [-0.05, 0) is 62.5 Å². The van der Waals surface area contributed by atoms with Gasteiger partial charge in [-0.1, -0.05) is 0 Å². The van der Waals surface area contributed by atoms with Crippen molar-refractivity contribution in [3.63, 3.8) is 0 Å². The highest BCUT2D eigenvalue weighted by Crippen LogP contribution is 2.18. The molecular formula is C17H22F3N3O2. The van der Waals surface area contributed by atoms with Crippen LogP contribution < -0.4 is 16.0 Å². The zero-order chi connectivity index (χ0) is 18.3. The zero-order valence-corrected chi connectivity index (χ0v) is 13.8. The molecule has 0 saturated carbocycles. The lowest BCUT2D eigenvalue weighted by Crippen LogP contribution is -2.33. The lowest BCUT2D eigenvalue weighted by atomic mass is 9.93. The summed E-state index contributed by atoms with van der Waals surface area (Å²) in [6.45, 7) is 0.606. The Labute approximate surface area is 144 Å². The number of benzene rings is 1. The molecule has 1 heterocycles. The summed E-state index contributed by atoms with van der Waals surface area (Å²) in [5.41, 5.74) is 0.625. The van der Waals surface area contributed by atoms with Crippen LogP contribution in [0.1, 0.15) is 36.0 Å². The molecule has 3 N–H and O–H groups in total. The molecule has 25 heavy (non-hydrogen) atoms. The quantitative estimate of drug-likeness (QED) is 0.733. The maximum absolute atomic E-state index is 12.1. The summed E-state index contributed by atoms with van der Waals surface area (Å²) in [6.07, 6.45) is -1.02. The van der Waals surface area contributed by atoms with Crippen molar-refractivity contribution in [1.82, 2.24) is 10.6 Å². The van der Waals surface area contributed by atoms with E-state index in [-0.39, 0.29) is 11.5 Å². The van der Waals surface area contributed by atoms with Crippen molar-refractivity contribution in [3.8, 4) is 0 Å². The van der Waals surface area contributed by atoms with Gasteiger partial charge in [0.25, 0.3) is 5.91 Å². The molecule has 2 rings (SSSR count). The summed E-state index contributed by atoms with van der Waals surface area (Å²) < 4.78 is 36.2. The van der Waals surface area contributed by atoms with Gasteiger partial charge in [0.1, 0.15) is 6.54 Å². The van der Waals surface area contributed by atoms with Crippen LogP contribution >= 0.6 is 0 Å². The van der Waals surface area contributed by atoms with Crippen LogP contribution in [0.3, 0.4) is 0 Å². The summed E-state index contributed by atoms with van der Waals surface area (Å²) in [5, 5.41) is 7.82. The Morgan fingerprint density at radius 2 is 1.76 bits per heavy atom. The van der Waals surface area contributed by atoms with E-state index in [0.717, 1.165) is 32.4 Å². The molecular weight excluding hydrogens is 335 g/mol. The predicted molar refractivity (Wildman–Crippen MR) is 88.3 cm³/mol. The minimum atomic E-state index is -4.45. The fourth-order valence-electron chi connectivity index (χ4n) is 2.72. The fraction of sp³-hybridized carbons (Fsp3) is 0.529. The number of amides is 2. The van der Waals surface area contributed by atoms with E-state index in [0.29, 0.717) is 18.0 Å². The van der Waals surface area contributed by atoms with Crippen molar-refractivity contribution < 1.29 is 22.8 Å². The molecule has 1 aliphatic heterocycles. The molecule has 1 aliphatic rings. The topological polar surface area (TPSA) is 70.2 Å². The molecule has 8 heteroatoms. The minimum absolute atomic E-state index is 0.104. The lowest BCUT2D eigenvalue weighted by molar-refractivity contribution is -0.123. The van der Waals surface area contributed by atoms with Gasteiger partial charge >= 0.3 is 6.18 Å². The number of nitrogens with one attached hydrogen (secondary N) is 3. The zero-order valence-electron chi connectivity index (χ0n) is 13.8. The van der Waals surface area contributed by atoms with E-state index in [1.165, 1.54) is 24.3 Å². The van der Waals surface area contributed by atoms with Crippen LogP contribution in [-0.2, 0) is 4.79 Å². The van der Waals surface area contributed by atoms with E-state index in [1.54, 1.807) is 5.32 Å². The van der Waals surface area contributed by atoms with Gasteiger partial charge in [-0.3, -0.25) is 9.59 Å². The largest absolute Gasteiger partial charge is 0.405 e. The van der Waals surface area contributed by atoms with Crippen molar-refractivity contribution in [3.05, 3.63) is 29.8 Å². The van der Waals surface area contributed by atoms with Gasteiger partial charge in [0.2, 0.25) is 5.91 Å². The molecule has 0 unspecified atom stereocenters. The summed E-state index contributed by atoms with van der Waals surface area (Å²) in [6, 6.07) is 5.78. The van der Waals surface area contributed by atoms with E-state index >= 15 is 0 Å². The van der Waals surface area contributed by atoms with Gasteiger partial charge in [0.05, 0.1) is 0 Å². The number of carbonyl (C=O) groups is 2. The number of hydrogen-bond donors (Lipinski definition) is 3. The van der Waals surface area contributed by atoms with E-state index in [9.17, 15) is 22.8 Å². The first-order valence-corrected chi connectivity index (χ1v) is 8.29. The second-order valence-electron chi connectivity index (χ2n) is 6.16. The molecule has 1 saturated heterocycles. The number of alkyl halides is 3. The monoisotopic (exact) mass is 357 g/mol. The van der Waals surface area contributed by atoms with Gasteiger partial charge in [0.15, 0.2) is 0 Å². The van der Waals surface area contributed by atoms with Crippen LogP contribution in [0.4, 0.5) is 18.9 Å². The number of hydrogen-bond acceptors (Lipinski definition) is 3. The molecule has 5 nitrogen and oxygen atoms in total. The van der Waals surface area contributed by atoms with Crippen molar-refractivity contribution >= 4 is 17.5 Å². The molecule has 0 aliphatic carbocycles. The van der Waals surface area contributed by atoms with Gasteiger partial charge in [-0.15, -0.1) is 0 Å². The average molecular weight is 357 g/mol. The normalized spacial score (nSPS) is 15.6. The average Bonchev–Trinajstić information content (AvgIpc) is 2.59. The molecule has 0 atom stereocenters. The third kappa shape index (κ3) is 7.13. The minimum Gasteiger partial charge on any atom is -0.343 e. The lowest BCUT2D eigenvalue weighted by Gasteiger charge is -2.22. The number of rotatable bonds is 6. The van der Waals surface area contributed by atoms with Gasteiger partial charge in [0, 0.05) is 17.7 Å². The first kappa shape index (κ1) is 19.2. The second-order valence-corrected chi connectivity index (χ2v) is 6.16. The SMILES string of the molecule is O=C(CCC1CCNCC1)Nc1ccc(C(=O)NCC(F)(F)F)cc1. The summed E-state index contributed by atoms with van der Waals surface area (Å²) in [4.78, 5) is 23.6. The maximum Gasteiger partial charge on any atom is 0.405 e. The van der Waals surface area contributed by atoms with Crippen LogP contribution in [0, 0.1) is 5.92 Å². The van der Waals surface area contributed by atoms with Crippen LogP contribution in [0.5, 0.6) is 0 Å². The molecule has 0 radical (unpaired) electrons. The second kappa shape index (κ2) is 8.84.